The third kappa shape index (κ3) is 4.95. The number of carboxylic acid groups (broad SMARTS) is 1. The van der Waals surface area contributed by atoms with Crippen LogP contribution in [-0.2, 0) is 17.9 Å². The van der Waals surface area contributed by atoms with E-state index in [-0.39, 0.29) is 16.9 Å². The maximum atomic E-state index is 12.7. The minimum absolute atomic E-state index is 0.0733. The molecule has 5 heteroatoms. The Labute approximate surface area is 160 Å². The third-order valence-corrected chi connectivity index (χ3v) is 5.41. The lowest BCUT2D eigenvalue weighted by molar-refractivity contribution is -0.133. The van der Waals surface area contributed by atoms with Crippen LogP contribution in [0.4, 0.5) is 0 Å². The molecule has 0 unspecified atom stereocenters. The zero-order valence-corrected chi connectivity index (χ0v) is 15.6. The number of likely N-dealkylation sites (tertiary alicyclic amines) is 1. The fourth-order valence-electron chi connectivity index (χ4n) is 3.43. The minimum atomic E-state index is -0.944. The second kappa shape index (κ2) is 8.35. The highest BCUT2D eigenvalue weighted by atomic mass is 16.4. The summed E-state index contributed by atoms with van der Waals surface area (Å²) in [6, 6.07) is 17.0. The molecule has 0 radical (unpaired) electrons. The van der Waals surface area contributed by atoms with Gasteiger partial charge in [-0.05, 0) is 49.2 Å². The van der Waals surface area contributed by atoms with E-state index in [9.17, 15) is 9.59 Å². The normalized spacial score (nSPS) is 16.6. The van der Waals surface area contributed by atoms with Gasteiger partial charge in [-0.1, -0.05) is 49.4 Å². The molecular weight excluding hydrogens is 340 g/mol. The van der Waals surface area contributed by atoms with Crippen LogP contribution in [0.5, 0.6) is 0 Å². The van der Waals surface area contributed by atoms with Gasteiger partial charge < -0.3 is 10.4 Å². The Balaban J connectivity index is 1.49. The van der Waals surface area contributed by atoms with Crippen molar-refractivity contribution in [1.29, 1.82) is 0 Å². The smallest absolute Gasteiger partial charge is 0.335 e. The molecule has 1 aliphatic heterocycles. The van der Waals surface area contributed by atoms with Crippen LogP contribution in [0.3, 0.4) is 0 Å². The summed E-state index contributed by atoms with van der Waals surface area (Å²) in [5, 5.41) is 12.0. The molecule has 2 aromatic rings. The first kappa shape index (κ1) is 19.1. The highest BCUT2D eigenvalue weighted by molar-refractivity contribution is 5.87. The average Bonchev–Trinajstić information content (AvgIpc) is 2.69. The summed E-state index contributed by atoms with van der Waals surface area (Å²) in [4.78, 5) is 26.0. The van der Waals surface area contributed by atoms with E-state index in [0.717, 1.165) is 38.0 Å². The molecule has 1 heterocycles. The molecule has 0 spiro atoms. The van der Waals surface area contributed by atoms with Crippen molar-refractivity contribution in [2.75, 3.05) is 13.1 Å². The van der Waals surface area contributed by atoms with Gasteiger partial charge in [-0.15, -0.1) is 0 Å². The van der Waals surface area contributed by atoms with E-state index < -0.39 is 5.97 Å². The highest BCUT2D eigenvalue weighted by Gasteiger charge is 2.36. The van der Waals surface area contributed by atoms with Gasteiger partial charge in [-0.25, -0.2) is 4.79 Å². The van der Waals surface area contributed by atoms with E-state index in [1.807, 2.05) is 13.0 Å². The number of rotatable bonds is 6. The van der Waals surface area contributed by atoms with Crippen LogP contribution in [0.25, 0.3) is 0 Å². The quantitative estimate of drug-likeness (QED) is 0.823. The lowest BCUT2D eigenvalue weighted by Crippen LogP contribution is -2.46. The highest BCUT2D eigenvalue weighted by Crippen LogP contribution is 2.31. The summed E-state index contributed by atoms with van der Waals surface area (Å²) in [5.74, 6) is -0.871. The van der Waals surface area contributed by atoms with Crippen LogP contribution >= 0.6 is 0 Å². The number of nitrogens with zero attached hydrogens (tertiary/aromatic N) is 1. The number of piperidine rings is 1. The molecule has 1 fully saturated rings. The second-order valence-corrected chi connectivity index (χ2v) is 7.51. The molecule has 0 saturated carbocycles. The van der Waals surface area contributed by atoms with E-state index in [0.29, 0.717) is 6.54 Å². The van der Waals surface area contributed by atoms with Gasteiger partial charge in [-0.3, -0.25) is 9.69 Å². The number of hydrogen-bond donors (Lipinski definition) is 2. The molecular formula is C22H26N2O3. The summed E-state index contributed by atoms with van der Waals surface area (Å²) in [6.45, 7) is 5.20. The Morgan fingerprint density at radius 1 is 1.00 bits per heavy atom. The summed E-state index contributed by atoms with van der Waals surface area (Å²) in [6.07, 6.45) is 1.67. The molecule has 2 aromatic carbocycles. The van der Waals surface area contributed by atoms with Gasteiger partial charge in [0.25, 0.3) is 0 Å². The molecule has 0 atom stereocenters. The zero-order valence-electron chi connectivity index (χ0n) is 15.6. The Morgan fingerprint density at radius 3 is 2.22 bits per heavy atom. The molecule has 0 aromatic heterocycles. The summed E-state index contributed by atoms with van der Waals surface area (Å²) in [5.41, 5.74) is 2.10. The van der Waals surface area contributed by atoms with E-state index >= 15 is 0 Å². The lowest BCUT2D eigenvalue weighted by Gasteiger charge is -2.38. The lowest BCUT2D eigenvalue weighted by atomic mass is 9.79. The van der Waals surface area contributed by atoms with Crippen molar-refractivity contribution in [2.24, 2.45) is 5.41 Å². The zero-order chi connectivity index (χ0) is 19.3. The number of hydrogen-bond acceptors (Lipinski definition) is 3. The second-order valence-electron chi connectivity index (χ2n) is 7.51. The van der Waals surface area contributed by atoms with Gasteiger partial charge in [0.15, 0.2) is 0 Å². The largest absolute Gasteiger partial charge is 0.478 e. The number of carbonyl (C=O) groups excluding carboxylic acids is 1. The number of nitrogens with one attached hydrogen (secondary N) is 1. The first-order chi connectivity index (χ1) is 13.0. The van der Waals surface area contributed by atoms with Crippen molar-refractivity contribution >= 4 is 11.9 Å². The molecule has 0 bridgehead atoms. The van der Waals surface area contributed by atoms with Gasteiger partial charge >= 0.3 is 5.97 Å². The fraction of sp³-hybridized carbons (Fsp3) is 0.364. The Hall–Kier alpha value is -2.66. The third-order valence-electron chi connectivity index (χ3n) is 5.41. The van der Waals surface area contributed by atoms with Gasteiger partial charge in [-0.2, -0.15) is 0 Å². The van der Waals surface area contributed by atoms with Crippen molar-refractivity contribution in [1.82, 2.24) is 10.2 Å². The van der Waals surface area contributed by atoms with E-state index in [1.165, 1.54) is 5.56 Å². The fourth-order valence-corrected chi connectivity index (χ4v) is 3.43. The number of carboxylic acids is 1. The number of amides is 1. The predicted molar refractivity (Wildman–Crippen MR) is 104 cm³/mol. The molecule has 5 nitrogen and oxygen atoms in total. The van der Waals surface area contributed by atoms with Crippen molar-refractivity contribution < 1.29 is 14.7 Å². The summed E-state index contributed by atoms with van der Waals surface area (Å²) < 4.78 is 0. The predicted octanol–water partition coefficient (Wildman–Crippen LogP) is 3.30. The van der Waals surface area contributed by atoms with Gasteiger partial charge in [0, 0.05) is 18.5 Å². The van der Waals surface area contributed by atoms with E-state index in [2.05, 4.69) is 34.5 Å². The van der Waals surface area contributed by atoms with Gasteiger partial charge in [0.1, 0.15) is 0 Å². The minimum Gasteiger partial charge on any atom is -0.478 e. The standard InChI is InChI=1S/C22H26N2O3/c1-22(11-13-24(14-12-22)16-18-5-3-2-4-6-18)21(27)23-15-17-7-9-19(10-8-17)20(25)26/h2-10H,11-16H2,1H3,(H,23,27)(H,25,26). The van der Waals surface area contributed by atoms with Crippen molar-refractivity contribution in [3.05, 3.63) is 71.3 Å². The number of carbonyl (C=O) groups is 2. The average molecular weight is 366 g/mol. The maximum absolute atomic E-state index is 12.7. The molecule has 1 aliphatic rings. The first-order valence-electron chi connectivity index (χ1n) is 9.33. The number of benzene rings is 2. The van der Waals surface area contributed by atoms with E-state index in [1.54, 1.807) is 24.3 Å². The number of aromatic carboxylic acids is 1. The molecule has 2 N–H and O–H groups in total. The first-order valence-corrected chi connectivity index (χ1v) is 9.33. The van der Waals surface area contributed by atoms with Crippen LogP contribution in [0.2, 0.25) is 0 Å². The Morgan fingerprint density at radius 2 is 1.63 bits per heavy atom. The molecule has 27 heavy (non-hydrogen) atoms. The SMILES string of the molecule is CC1(C(=O)NCc2ccc(C(=O)O)cc2)CCN(Cc2ccccc2)CC1. The maximum Gasteiger partial charge on any atom is 0.335 e. The van der Waals surface area contributed by atoms with E-state index in [4.69, 9.17) is 5.11 Å². The molecule has 142 valence electrons. The Kier molecular flexibility index (Phi) is 5.91. The molecule has 1 saturated heterocycles. The summed E-state index contributed by atoms with van der Waals surface area (Å²) in [7, 11) is 0. The van der Waals surface area contributed by atoms with Gasteiger partial charge in [0.2, 0.25) is 5.91 Å². The van der Waals surface area contributed by atoms with Crippen molar-refractivity contribution in [3.8, 4) is 0 Å². The molecule has 1 amide bonds. The molecule has 3 rings (SSSR count). The van der Waals surface area contributed by atoms with Crippen LogP contribution in [0.1, 0.15) is 41.3 Å². The van der Waals surface area contributed by atoms with Crippen molar-refractivity contribution in [3.63, 3.8) is 0 Å². The van der Waals surface area contributed by atoms with Crippen LogP contribution in [0, 0.1) is 5.41 Å². The topological polar surface area (TPSA) is 69.6 Å². The van der Waals surface area contributed by atoms with Crippen LogP contribution < -0.4 is 5.32 Å². The van der Waals surface area contributed by atoms with Gasteiger partial charge in [0.05, 0.1) is 5.56 Å². The van der Waals surface area contributed by atoms with Crippen LogP contribution in [0.15, 0.2) is 54.6 Å². The Bertz CT molecular complexity index is 779. The van der Waals surface area contributed by atoms with Crippen LogP contribution in [-0.4, -0.2) is 35.0 Å². The monoisotopic (exact) mass is 366 g/mol. The summed E-state index contributed by atoms with van der Waals surface area (Å²) >= 11 is 0. The van der Waals surface area contributed by atoms with Crippen molar-refractivity contribution in [2.45, 2.75) is 32.9 Å². The molecule has 0 aliphatic carbocycles.